The van der Waals surface area contributed by atoms with Crippen molar-refractivity contribution in [3.63, 3.8) is 0 Å². The number of aryl methyl sites for hydroxylation is 2. The summed E-state index contributed by atoms with van der Waals surface area (Å²) in [5, 5.41) is 13.1. The normalized spacial score (nSPS) is 11.8. The highest BCUT2D eigenvalue weighted by Gasteiger charge is 2.19. The minimum absolute atomic E-state index is 0.380. The molecule has 4 rings (SSSR count). The predicted molar refractivity (Wildman–Crippen MR) is 127 cm³/mol. The van der Waals surface area contributed by atoms with Gasteiger partial charge in [0.1, 0.15) is 10.1 Å². The second kappa shape index (κ2) is 8.98. The van der Waals surface area contributed by atoms with E-state index in [1.807, 2.05) is 7.05 Å². The fourth-order valence-electron chi connectivity index (χ4n) is 3.28. The molecular formula is C20H22BrN7O4S. The third kappa shape index (κ3) is 4.50. The molecule has 0 bridgehead atoms. The SMILES string of the molecule is C=Cc1cnn(C)c1OCCCOc1c(-c2cc3c(Br)nn(S(C)(=O)=O)c3cn2)cnn1C. The van der Waals surface area contributed by atoms with Crippen LogP contribution < -0.4 is 9.47 Å². The van der Waals surface area contributed by atoms with Crippen LogP contribution in [-0.2, 0) is 24.1 Å². The lowest BCUT2D eigenvalue weighted by Gasteiger charge is -2.10. The summed E-state index contributed by atoms with van der Waals surface area (Å²) in [7, 11) is 0.0238. The predicted octanol–water partition coefficient (Wildman–Crippen LogP) is 2.63. The summed E-state index contributed by atoms with van der Waals surface area (Å²) in [6, 6.07) is 1.75. The molecule has 0 atom stereocenters. The molecule has 0 aromatic carbocycles. The molecule has 33 heavy (non-hydrogen) atoms. The van der Waals surface area contributed by atoms with Gasteiger partial charge in [-0.15, -0.1) is 5.10 Å². The second-order valence-electron chi connectivity index (χ2n) is 7.25. The average molecular weight is 536 g/mol. The van der Waals surface area contributed by atoms with Gasteiger partial charge in [-0.2, -0.15) is 14.3 Å². The van der Waals surface area contributed by atoms with Crippen LogP contribution in [0.2, 0.25) is 0 Å². The largest absolute Gasteiger partial charge is 0.477 e. The molecule has 0 unspecified atom stereocenters. The summed E-state index contributed by atoms with van der Waals surface area (Å²) >= 11 is 3.33. The number of aromatic nitrogens is 7. The molecule has 0 aliphatic rings. The van der Waals surface area contributed by atoms with Crippen LogP contribution in [0.3, 0.4) is 0 Å². The molecular weight excluding hydrogens is 514 g/mol. The van der Waals surface area contributed by atoms with Gasteiger partial charge in [-0.3, -0.25) is 4.98 Å². The number of hydrogen-bond acceptors (Lipinski definition) is 8. The molecule has 4 heterocycles. The number of pyridine rings is 1. The second-order valence-corrected chi connectivity index (χ2v) is 9.82. The van der Waals surface area contributed by atoms with E-state index in [2.05, 4.69) is 42.8 Å². The molecule has 0 fully saturated rings. The van der Waals surface area contributed by atoms with E-state index in [1.54, 1.807) is 40.9 Å². The van der Waals surface area contributed by atoms with Gasteiger partial charge in [-0.1, -0.05) is 12.7 Å². The Morgan fingerprint density at radius 1 is 1.09 bits per heavy atom. The van der Waals surface area contributed by atoms with Crippen LogP contribution in [0.15, 0.2) is 35.8 Å². The molecule has 0 aliphatic heterocycles. The Kier molecular flexibility index (Phi) is 6.26. The molecule has 0 aliphatic carbocycles. The molecule has 0 N–H and O–H groups in total. The lowest BCUT2D eigenvalue weighted by molar-refractivity contribution is 0.226. The van der Waals surface area contributed by atoms with Gasteiger partial charge in [0.2, 0.25) is 11.8 Å². The Morgan fingerprint density at radius 2 is 1.76 bits per heavy atom. The summed E-state index contributed by atoms with van der Waals surface area (Å²) in [5.41, 5.74) is 2.48. The van der Waals surface area contributed by atoms with E-state index in [0.29, 0.717) is 58.2 Å². The first-order valence-electron chi connectivity index (χ1n) is 9.88. The van der Waals surface area contributed by atoms with Crippen LogP contribution in [0.5, 0.6) is 11.8 Å². The van der Waals surface area contributed by atoms with E-state index in [9.17, 15) is 8.42 Å². The Balaban J connectivity index is 1.49. The highest BCUT2D eigenvalue weighted by molar-refractivity contribution is 9.10. The molecule has 174 valence electrons. The smallest absolute Gasteiger partial charge is 0.251 e. The summed E-state index contributed by atoms with van der Waals surface area (Å²) in [6.07, 6.45) is 8.24. The van der Waals surface area contributed by atoms with Crippen LogP contribution >= 0.6 is 15.9 Å². The summed E-state index contributed by atoms with van der Waals surface area (Å²) in [5.74, 6) is 1.20. The Labute approximate surface area is 198 Å². The molecule has 0 saturated carbocycles. The third-order valence-corrected chi connectivity index (χ3v) is 6.35. The minimum Gasteiger partial charge on any atom is -0.477 e. The van der Waals surface area contributed by atoms with Crippen LogP contribution in [0.4, 0.5) is 0 Å². The quantitative estimate of drug-likeness (QED) is 0.300. The summed E-state index contributed by atoms with van der Waals surface area (Å²) in [4.78, 5) is 4.42. The van der Waals surface area contributed by atoms with Crippen molar-refractivity contribution < 1.29 is 17.9 Å². The van der Waals surface area contributed by atoms with Gasteiger partial charge in [0, 0.05) is 25.9 Å². The molecule has 13 heteroatoms. The highest BCUT2D eigenvalue weighted by atomic mass is 79.9. The van der Waals surface area contributed by atoms with Crippen LogP contribution in [0.25, 0.3) is 28.2 Å². The van der Waals surface area contributed by atoms with E-state index in [4.69, 9.17) is 9.47 Å². The molecule has 4 aromatic heterocycles. The highest BCUT2D eigenvalue weighted by Crippen LogP contribution is 2.32. The van der Waals surface area contributed by atoms with E-state index in [1.165, 1.54) is 6.20 Å². The Bertz CT molecular complexity index is 1440. The zero-order valence-electron chi connectivity index (χ0n) is 18.3. The van der Waals surface area contributed by atoms with Crippen molar-refractivity contribution in [3.05, 3.63) is 41.4 Å². The van der Waals surface area contributed by atoms with Gasteiger partial charge < -0.3 is 9.47 Å². The number of ether oxygens (including phenoxy) is 2. The fraction of sp³-hybridized carbons (Fsp3) is 0.300. The van der Waals surface area contributed by atoms with E-state index < -0.39 is 10.0 Å². The Hall–Kier alpha value is -3.19. The van der Waals surface area contributed by atoms with Gasteiger partial charge >= 0.3 is 0 Å². The maximum atomic E-state index is 12.0. The molecule has 4 aromatic rings. The number of fused-ring (bicyclic) bond motifs is 1. The van der Waals surface area contributed by atoms with Crippen molar-refractivity contribution >= 4 is 42.9 Å². The van der Waals surface area contributed by atoms with Crippen molar-refractivity contribution in [2.75, 3.05) is 19.5 Å². The zero-order valence-corrected chi connectivity index (χ0v) is 20.7. The number of rotatable bonds is 9. The first kappa shape index (κ1) is 23.0. The van der Waals surface area contributed by atoms with Gasteiger partial charge in [0.05, 0.1) is 54.9 Å². The molecule has 0 spiro atoms. The third-order valence-electron chi connectivity index (χ3n) is 4.86. The number of halogens is 1. The van der Waals surface area contributed by atoms with Crippen molar-refractivity contribution in [3.8, 4) is 23.0 Å². The van der Waals surface area contributed by atoms with Gasteiger partial charge in [0.15, 0.2) is 0 Å². The Morgan fingerprint density at radius 3 is 2.45 bits per heavy atom. The average Bonchev–Trinajstić information content (AvgIpc) is 3.43. The van der Waals surface area contributed by atoms with Crippen LogP contribution in [0, 0.1) is 0 Å². The monoisotopic (exact) mass is 535 g/mol. The van der Waals surface area contributed by atoms with Gasteiger partial charge in [-0.25, -0.2) is 17.8 Å². The summed E-state index contributed by atoms with van der Waals surface area (Å²) in [6.45, 7) is 4.59. The van der Waals surface area contributed by atoms with Crippen molar-refractivity contribution in [1.82, 2.24) is 33.7 Å². The van der Waals surface area contributed by atoms with E-state index in [0.717, 1.165) is 15.9 Å². The number of nitrogens with zero attached hydrogens (tertiary/aromatic N) is 7. The standard InChI is InChI=1S/C20H22BrN7O4S/c1-5-13-10-23-26(2)19(13)31-7-6-8-32-20-15(11-24-27(20)3)16-9-14-17(12-22-16)28(25-18(14)21)33(4,29)30/h5,9-12H,1,6-8H2,2-4H3. The maximum absolute atomic E-state index is 12.0. The zero-order chi connectivity index (χ0) is 23.8. The summed E-state index contributed by atoms with van der Waals surface area (Å²) < 4.78 is 40.4. The maximum Gasteiger partial charge on any atom is 0.251 e. The van der Waals surface area contributed by atoms with Gasteiger partial charge in [-0.05, 0) is 22.0 Å². The lowest BCUT2D eigenvalue weighted by Crippen LogP contribution is -2.11. The van der Waals surface area contributed by atoms with Crippen molar-refractivity contribution in [2.24, 2.45) is 14.1 Å². The molecule has 0 radical (unpaired) electrons. The minimum atomic E-state index is -3.56. The lowest BCUT2D eigenvalue weighted by atomic mass is 10.2. The molecule has 11 nitrogen and oxygen atoms in total. The molecule has 0 saturated heterocycles. The van der Waals surface area contributed by atoms with Gasteiger partial charge in [0.25, 0.3) is 10.0 Å². The van der Waals surface area contributed by atoms with E-state index >= 15 is 0 Å². The first-order chi connectivity index (χ1) is 15.7. The van der Waals surface area contributed by atoms with Crippen molar-refractivity contribution in [2.45, 2.75) is 6.42 Å². The van der Waals surface area contributed by atoms with Crippen LogP contribution in [-0.4, -0.2) is 61.6 Å². The topological polar surface area (TPSA) is 119 Å². The fourth-order valence-corrected chi connectivity index (χ4v) is 4.60. The molecule has 0 amide bonds. The number of hydrogen-bond donors (Lipinski definition) is 0. The first-order valence-corrected chi connectivity index (χ1v) is 12.5. The van der Waals surface area contributed by atoms with E-state index in [-0.39, 0.29) is 0 Å². The van der Waals surface area contributed by atoms with Crippen LogP contribution in [0.1, 0.15) is 12.0 Å². The van der Waals surface area contributed by atoms with Crippen molar-refractivity contribution in [1.29, 1.82) is 0 Å².